The molecular formula is C17H27N3O4S. The van der Waals surface area contributed by atoms with Crippen molar-refractivity contribution in [1.82, 2.24) is 4.31 Å². The second-order valence-corrected chi connectivity index (χ2v) is 8.62. The topological polar surface area (TPSA) is 83.8 Å². The number of sulfonamides is 1. The Kier molecular flexibility index (Phi) is 6.05. The van der Waals surface area contributed by atoms with E-state index in [4.69, 9.17) is 0 Å². The van der Waals surface area contributed by atoms with Crippen molar-refractivity contribution in [2.75, 3.05) is 24.5 Å². The van der Waals surface area contributed by atoms with Gasteiger partial charge >= 0.3 is 0 Å². The number of hydrogen-bond acceptors (Lipinski definition) is 5. The zero-order valence-electron chi connectivity index (χ0n) is 15.3. The highest BCUT2D eigenvalue weighted by Crippen LogP contribution is 2.36. The Morgan fingerprint density at radius 2 is 1.88 bits per heavy atom. The van der Waals surface area contributed by atoms with Gasteiger partial charge in [0.2, 0.25) is 10.0 Å². The van der Waals surface area contributed by atoms with Gasteiger partial charge in [0.15, 0.2) is 0 Å². The summed E-state index contributed by atoms with van der Waals surface area (Å²) in [6, 6.07) is 4.47. The molecule has 1 aliphatic heterocycles. The molecule has 0 saturated carbocycles. The van der Waals surface area contributed by atoms with Crippen LogP contribution in [0.4, 0.5) is 11.4 Å². The monoisotopic (exact) mass is 369 g/mol. The average molecular weight is 369 g/mol. The van der Waals surface area contributed by atoms with Gasteiger partial charge in [-0.2, -0.15) is 4.31 Å². The van der Waals surface area contributed by atoms with Crippen LogP contribution in [0.3, 0.4) is 0 Å². The van der Waals surface area contributed by atoms with E-state index in [2.05, 4.69) is 13.8 Å². The lowest BCUT2D eigenvalue weighted by atomic mass is 9.94. The van der Waals surface area contributed by atoms with Crippen molar-refractivity contribution < 1.29 is 13.3 Å². The van der Waals surface area contributed by atoms with E-state index in [1.165, 1.54) is 16.4 Å². The predicted molar refractivity (Wildman–Crippen MR) is 98.4 cm³/mol. The number of benzene rings is 1. The molecule has 25 heavy (non-hydrogen) atoms. The lowest BCUT2D eigenvalue weighted by molar-refractivity contribution is -0.384. The van der Waals surface area contributed by atoms with Crippen LogP contribution in [0.1, 0.15) is 40.5 Å². The SMILES string of the molecule is CCN(CC)S(=O)(=O)c1ccc(N2CC(C)CCC2C)c([N+](=O)[O-])c1. The van der Waals surface area contributed by atoms with E-state index in [1.807, 2.05) is 4.90 Å². The smallest absolute Gasteiger partial charge is 0.293 e. The minimum absolute atomic E-state index is 0.0237. The van der Waals surface area contributed by atoms with Crippen LogP contribution in [-0.4, -0.2) is 43.3 Å². The first-order valence-corrected chi connectivity index (χ1v) is 10.2. The number of rotatable bonds is 6. The van der Waals surface area contributed by atoms with Crippen LogP contribution in [0.5, 0.6) is 0 Å². The first-order chi connectivity index (χ1) is 11.7. The molecule has 1 aliphatic rings. The third-order valence-corrected chi connectivity index (χ3v) is 6.96. The molecule has 0 bridgehead atoms. The van der Waals surface area contributed by atoms with Gasteiger partial charge in [-0.1, -0.05) is 20.8 Å². The third kappa shape index (κ3) is 3.95. The van der Waals surface area contributed by atoms with E-state index < -0.39 is 14.9 Å². The molecule has 1 fully saturated rings. The van der Waals surface area contributed by atoms with Crippen LogP contribution in [0.25, 0.3) is 0 Å². The maximum absolute atomic E-state index is 12.7. The summed E-state index contributed by atoms with van der Waals surface area (Å²) >= 11 is 0. The Bertz CT molecular complexity index is 731. The zero-order chi connectivity index (χ0) is 18.8. The third-order valence-electron chi connectivity index (χ3n) is 4.91. The van der Waals surface area contributed by atoms with E-state index in [0.717, 1.165) is 19.4 Å². The standard InChI is InChI=1S/C17H27N3O4S/c1-5-18(6-2)25(23,24)15-9-10-16(17(11-15)20(21)22)19-12-13(3)7-8-14(19)4/h9-11,13-14H,5-8,12H2,1-4H3. The molecule has 0 radical (unpaired) electrons. The fourth-order valence-electron chi connectivity index (χ4n) is 3.39. The summed E-state index contributed by atoms with van der Waals surface area (Å²) in [5.74, 6) is 0.454. The molecule has 0 amide bonds. The van der Waals surface area contributed by atoms with Crippen molar-refractivity contribution in [2.45, 2.75) is 51.5 Å². The van der Waals surface area contributed by atoms with Gasteiger partial charge in [-0.3, -0.25) is 10.1 Å². The molecule has 0 aliphatic carbocycles. The fraction of sp³-hybridized carbons (Fsp3) is 0.647. The second kappa shape index (κ2) is 7.70. The molecule has 2 unspecified atom stereocenters. The summed E-state index contributed by atoms with van der Waals surface area (Å²) in [5.41, 5.74) is 0.358. The van der Waals surface area contributed by atoms with E-state index in [-0.39, 0.29) is 16.6 Å². The molecule has 8 heteroatoms. The molecule has 0 aromatic heterocycles. The molecule has 0 N–H and O–H groups in total. The van der Waals surface area contributed by atoms with Crippen molar-refractivity contribution in [1.29, 1.82) is 0 Å². The summed E-state index contributed by atoms with van der Waals surface area (Å²) in [6.45, 7) is 9.08. The lowest BCUT2D eigenvalue weighted by Crippen LogP contribution is -2.41. The Labute approximate surface area is 149 Å². The number of nitro groups is 1. The van der Waals surface area contributed by atoms with Crippen LogP contribution in [0.15, 0.2) is 23.1 Å². The number of nitrogens with zero attached hydrogens (tertiary/aromatic N) is 3. The first kappa shape index (κ1) is 19.7. The molecule has 2 atom stereocenters. The van der Waals surface area contributed by atoms with E-state index in [0.29, 0.717) is 24.7 Å². The van der Waals surface area contributed by atoms with Crippen LogP contribution >= 0.6 is 0 Å². The van der Waals surface area contributed by atoms with E-state index >= 15 is 0 Å². The second-order valence-electron chi connectivity index (χ2n) is 6.68. The largest absolute Gasteiger partial charge is 0.363 e. The Hall–Kier alpha value is -1.67. The van der Waals surface area contributed by atoms with Gasteiger partial charge in [0.05, 0.1) is 9.82 Å². The highest BCUT2D eigenvalue weighted by molar-refractivity contribution is 7.89. The predicted octanol–water partition coefficient (Wildman–Crippen LogP) is 3.25. The van der Waals surface area contributed by atoms with Gasteiger partial charge in [0.1, 0.15) is 5.69 Å². The minimum atomic E-state index is -3.72. The Morgan fingerprint density at radius 1 is 1.24 bits per heavy atom. The molecule has 1 aromatic carbocycles. The van der Waals surface area contributed by atoms with E-state index in [1.54, 1.807) is 19.9 Å². The minimum Gasteiger partial charge on any atom is -0.363 e. The zero-order valence-corrected chi connectivity index (χ0v) is 16.1. The van der Waals surface area contributed by atoms with Gasteiger partial charge in [-0.15, -0.1) is 0 Å². The van der Waals surface area contributed by atoms with E-state index in [9.17, 15) is 18.5 Å². The van der Waals surface area contributed by atoms with Crippen LogP contribution < -0.4 is 4.90 Å². The molecular weight excluding hydrogens is 342 g/mol. The molecule has 2 rings (SSSR count). The molecule has 7 nitrogen and oxygen atoms in total. The summed E-state index contributed by atoms with van der Waals surface area (Å²) in [7, 11) is -3.72. The Morgan fingerprint density at radius 3 is 2.44 bits per heavy atom. The van der Waals surface area contributed by atoms with Crippen LogP contribution in [-0.2, 0) is 10.0 Å². The van der Waals surface area contributed by atoms with Crippen molar-refractivity contribution in [3.63, 3.8) is 0 Å². The van der Waals surface area contributed by atoms with Gasteiger partial charge in [-0.25, -0.2) is 8.42 Å². The number of piperidine rings is 1. The van der Waals surface area contributed by atoms with Crippen molar-refractivity contribution in [3.05, 3.63) is 28.3 Å². The van der Waals surface area contributed by atoms with Gasteiger partial charge < -0.3 is 4.90 Å². The number of nitro benzene ring substituents is 1. The summed E-state index contributed by atoms with van der Waals surface area (Å²) < 4.78 is 26.6. The van der Waals surface area contributed by atoms with Crippen LogP contribution in [0, 0.1) is 16.0 Å². The van der Waals surface area contributed by atoms with Crippen molar-refractivity contribution >= 4 is 21.4 Å². The highest BCUT2D eigenvalue weighted by atomic mass is 32.2. The quantitative estimate of drug-likeness (QED) is 0.568. The van der Waals surface area contributed by atoms with Crippen molar-refractivity contribution in [2.24, 2.45) is 5.92 Å². The molecule has 1 aromatic rings. The molecule has 1 saturated heterocycles. The first-order valence-electron chi connectivity index (χ1n) is 8.77. The number of hydrogen-bond donors (Lipinski definition) is 0. The van der Waals surface area contributed by atoms with Gasteiger partial charge in [0.25, 0.3) is 5.69 Å². The fourth-order valence-corrected chi connectivity index (χ4v) is 4.87. The van der Waals surface area contributed by atoms with Gasteiger partial charge in [0, 0.05) is 31.7 Å². The average Bonchev–Trinajstić information content (AvgIpc) is 2.57. The Balaban J connectivity index is 2.50. The normalized spacial score (nSPS) is 21.6. The maximum Gasteiger partial charge on any atom is 0.293 e. The number of anilines is 1. The molecule has 0 spiro atoms. The molecule has 140 valence electrons. The van der Waals surface area contributed by atoms with Gasteiger partial charge in [-0.05, 0) is 37.8 Å². The lowest BCUT2D eigenvalue weighted by Gasteiger charge is -2.38. The summed E-state index contributed by atoms with van der Waals surface area (Å²) in [6.07, 6.45) is 2.07. The summed E-state index contributed by atoms with van der Waals surface area (Å²) in [5, 5.41) is 11.6. The summed E-state index contributed by atoms with van der Waals surface area (Å²) in [4.78, 5) is 13.1. The maximum atomic E-state index is 12.7. The highest BCUT2D eigenvalue weighted by Gasteiger charge is 2.31. The van der Waals surface area contributed by atoms with Crippen molar-refractivity contribution in [3.8, 4) is 0 Å². The molecule has 1 heterocycles. The van der Waals surface area contributed by atoms with Crippen LogP contribution in [0.2, 0.25) is 0 Å².